The molecule has 0 spiro atoms. The van der Waals surface area contributed by atoms with Gasteiger partial charge in [-0.3, -0.25) is 14.4 Å². The van der Waals surface area contributed by atoms with Gasteiger partial charge in [0, 0.05) is 19.0 Å². The zero-order chi connectivity index (χ0) is 12.9. The molecule has 1 heterocycles. The standard InChI is InChI=1S/C12H16N2O4/c15-10-3-6(5-14(10)7-1-2-7)13-11(16)8-4-9(8)12(17)18/h6-9H,1-5H2,(H,13,16)(H,17,18)/t6?,8-,9+/m0/s1. The molecule has 3 aliphatic rings. The first-order valence-electron chi connectivity index (χ1n) is 6.39. The molecule has 2 amide bonds. The minimum atomic E-state index is -0.905. The van der Waals surface area contributed by atoms with E-state index in [2.05, 4.69) is 5.32 Å². The van der Waals surface area contributed by atoms with Gasteiger partial charge in [-0.1, -0.05) is 0 Å². The topological polar surface area (TPSA) is 86.7 Å². The highest BCUT2D eigenvalue weighted by molar-refractivity contribution is 5.90. The Morgan fingerprint density at radius 2 is 2.00 bits per heavy atom. The molecule has 98 valence electrons. The van der Waals surface area contributed by atoms with Gasteiger partial charge in [0.05, 0.1) is 17.9 Å². The van der Waals surface area contributed by atoms with Crippen molar-refractivity contribution in [3.05, 3.63) is 0 Å². The van der Waals surface area contributed by atoms with Gasteiger partial charge in [-0.25, -0.2) is 0 Å². The maximum Gasteiger partial charge on any atom is 0.307 e. The van der Waals surface area contributed by atoms with E-state index in [4.69, 9.17) is 5.11 Å². The third kappa shape index (κ3) is 2.07. The zero-order valence-electron chi connectivity index (χ0n) is 9.96. The lowest BCUT2D eigenvalue weighted by Crippen LogP contribution is -2.38. The first-order valence-corrected chi connectivity index (χ1v) is 6.39. The Morgan fingerprint density at radius 3 is 2.56 bits per heavy atom. The number of hydrogen-bond donors (Lipinski definition) is 2. The van der Waals surface area contributed by atoms with E-state index in [1.54, 1.807) is 0 Å². The molecule has 1 unspecified atom stereocenters. The third-order valence-corrected chi connectivity index (χ3v) is 3.94. The largest absolute Gasteiger partial charge is 0.481 e. The van der Waals surface area contributed by atoms with E-state index in [0.717, 1.165) is 12.8 Å². The van der Waals surface area contributed by atoms with Gasteiger partial charge in [-0.15, -0.1) is 0 Å². The summed E-state index contributed by atoms with van der Waals surface area (Å²) in [6.45, 7) is 0.583. The molecule has 6 nitrogen and oxygen atoms in total. The van der Waals surface area contributed by atoms with Crippen LogP contribution in [0.15, 0.2) is 0 Å². The molecule has 1 saturated heterocycles. The van der Waals surface area contributed by atoms with Gasteiger partial charge >= 0.3 is 5.97 Å². The highest BCUT2D eigenvalue weighted by Gasteiger charge is 2.49. The summed E-state index contributed by atoms with van der Waals surface area (Å²) in [5.74, 6) is -1.93. The lowest BCUT2D eigenvalue weighted by molar-refractivity contribution is -0.140. The number of amides is 2. The SMILES string of the molecule is O=C(NC1CC(=O)N(C2CC2)C1)[C@H]1C[C@H]1C(=O)O. The van der Waals surface area contributed by atoms with E-state index in [1.165, 1.54) is 0 Å². The molecule has 0 aromatic carbocycles. The van der Waals surface area contributed by atoms with Crippen LogP contribution in [0.5, 0.6) is 0 Å². The van der Waals surface area contributed by atoms with E-state index in [9.17, 15) is 14.4 Å². The second-order valence-electron chi connectivity index (χ2n) is 5.47. The predicted molar refractivity (Wildman–Crippen MR) is 60.5 cm³/mol. The molecule has 18 heavy (non-hydrogen) atoms. The number of nitrogens with one attached hydrogen (secondary N) is 1. The van der Waals surface area contributed by atoms with E-state index < -0.39 is 17.8 Å². The van der Waals surface area contributed by atoms with Gasteiger partial charge in [0.25, 0.3) is 0 Å². The normalized spacial score (nSPS) is 34.6. The van der Waals surface area contributed by atoms with Crippen molar-refractivity contribution in [2.24, 2.45) is 11.8 Å². The Hall–Kier alpha value is -1.59. The summed E-state index contributed by atoms with van der Waals surface area (Å²) < 4.78 is 0. The molecule has 3 atom stereocenters. The Bertz CT molecular complexity index is 418. The first kappa shape index (κ1) is 11.5. The molecule has 3 rings (SSSR count). The second kappa shape index (κ2) is 3.96. The smallest absolute Gasteiger partial charge is 0.307 e. The van der Waals surface area contributed by atoms with Gasteiger partial charge in [-0.05, 0) is 19.3 Å². The minimum Gasteiger partial charge on any atom is -0.481 e. The Labute approximate surface area is 104 Å². The minimum absolute atomic E-state index is 0.105. The molecule has 0 aromatic rings. The number of likely N-dealkylation sites (tertiary alicyclic amines) is 1. The van der Waals surface area contributed by atoms with Crippen molar-refractivity contribution in [3.8, 4) is 0 Å². The van der Waals surface area contributed by atoms with Crippen molar-refractivity contribution in [3.63, 3.8) is 0 Å². The first-order chi connectivity index (χ1) is 8.56. The van der Waals surface area contributed by atoms with Crippen molar-refractivity contribution in [1.29, 1.82) is 0 Å². The summed E-state index contributed by atoms with van der Waals surface area (Å²) in [4.78, 5) is 36.0. The molecular formula is C12H16N2O4. The van der Waals surface area contributed by atoms with Crippen molar-refractivity contribution in [2.75, 3.05) is 6.54 Å². The molecule has 0 bridgehead atoms. The monoisotopic (exact) mass is 252 g/mol. The van der Waals surface area contributed by atoms with E-state index in [-0.39, 0.29) is 17.9 Å². The summed E-state index contributed by atoms with van der Waals surface area (Å²) in [5, 5.41) is 11.6. The van der Waals surface area contributed by atoms with Crippen molar-refractivity contribution in [2.45, 2.75) is 37.8 Å². The van der Waals surface area contributed by atoms with Gasteiger partial charge in [0.15, 0.2) is 0 Å². The summed E-state index contributed by atoms with van der Waals surface area (Å²) >= 11 is 0. The van der Waals surface area contributed by atoms with Crippen LogP contribution in [0, 0.1) is 11.8 Å². The van der Waals surface area contributed by atoms with Crippen molar-refractivity contribution < 1.29 is 19.5 Å². The maximum absolute atomic E-state index is 11.8. The van der Waals surface area contributed by atoms with Gasteiger partial charge < -0.3 is 15.3 Å². The van der Waals surface area contributed by atoms with Crippen molar-refractivity contribution in [1.82, 2.24) is 10.2 Å². The molecular weight excluding hydrogens is 236 g/mol. The number of nitrogens with zero attached hydrogens (tertiary/aromatic N) is 1. The molecule has 2 aliphatic carbocycles. The van der Waals surface area contributed by atoms with Crippen LogP contribution >= 0.6 is 0 Å². The van der Waals surface area contributed by atoms with E-state index in [0.29, 0.717) is 25.4 Å². The Balaban J connectivity index is 1.50. The van der Waals surface area contributed by atoms with Gasteiger partial charge in [0.2, 0.25) is 11.8 Å². The number of carbonyl (C=O) groups is 3. The zero-order valence-corrected chi connectivity index (χ0v) is 9.96. The average molecular weight is 252 g/mol. The quantitative estimate of drug-likeness (QED) is 0.712. The fourth-order valence-corrected chi connectivity index (χ4v) is 2.63. The van der Waals surface area contributed by atoms with E-state index in [1.807, 2.05) is 4.90 Å². The van der Waals surface area contributed by atoms with Crippen LogP contribution in [-0.2, 0) is 14.4 Å². The fourth-order valence-electron chi connectivity index (χ4n) is 2.63. The van der Waals surface area contributed by atoms with E-state index >= 15 is 0 Å². The number of aliphatic carboxylic acids is 1. The van der Waals surface area contributed by atoms with Crippen LogP contribution in [0.3, 0.4) is 0 Å². The molecule has 0 radical (unpaired) electrons. The number of carboxylic acids is 1. The Morgan fingerprint density at radius 1 is 1.28 bits per heavy atom. The fraction of sp³-hybridized carbons (Fsp3) is 0.750. The maximum atomic E-state index is 11.8. The number of carbonyl (C=O) groups excluding carboxylic acids is 2. The van der Waals surface area contributed by atoms with Crippen LogP contribution in [-0.4, -0.2) is 46.4 Å². The highest BCUT2D eigenvalue weighted by atomic mass is 16.4. The molecule has 0 aromatic heterocycles. The van der Waals surface area contributed by atoms with Crippen LogP contribution in [0.4, 0.5) is 0 Å². The summed E-state index contributed by atoms with van der Waals surface area (Å²) in [6.07, 6.45) is 2.91. The second-order valence-corrected chi connectivity index (χ2v) is 5.47. The Kier molecular flexibility index (Phi) is 2.53. The molecule has 3 fully saturated rings. The van der Waals surface area contributed by atoms with Crippen LogP contribution < -0.4 is 5.32 Å². The summed E-state index contributed by atoms with van der Waals surface area (Å²) in [6, 6.07) is 0.243. The van der Waals surface area contributed by atoms with Gasteiger partial charge in [-0.2, -0.15) is 0 Å². The third-order valence-electron chi connectivity index (χ3n) is 3.94. The number of rotatable bonds is 4. The lowest BCUT2D eigenvalue weighted by Gasteiger charge is -2.16. The average Bonchev–Trinajstić information content (AvgIpc) is 3.18. The number of carboxylic acid groups (broad SMARTS) is 1. The van der Waals surface area contributed by atoms with Crippen LogP contribution in [0.1, 0.15) is 25.7 Å². The predicted octanol–water partition coefficient (Wildman–Crippen LogP) is -0.413. The molecule has 2 saturated carbocycles. The summed E-state index contributed by atoms with van der Waals surface area (Å²) in [7, 11) is 0. The molecule has 2 N–H and O–H groups in total. The van der Waals surface area contributed by atoms with Crippen LogP contribution in [0.2, 0.25) is 0 Å². The lowest BCUT2D eigenvalue weighted by atomic mass is 10.2. The van der Waals surface area contributed by atoms with Crippen molar-refractivity contribution >= 4 is 17.8 Å². The highest BCUT2D eigenvalue weighted by Crippen LogP contribution is 2.39. The summed E-state index contributed by atoms with van der Waals surface area (Å²) in [5.41, 5.74) is 0. The molecule has 6 heteroatoms. The number of hydrogen-bond acceptors (Lipinski definition) is 3. The van der Waals surface area contributed by atoms with Crippen LogP contribution in [0.25, 0.3) is 0 Å². The molecule has 1 aliphatic heterocycles. The van der Waals surface area contributed by atoms with Gasteiger partial charge in [0.1, 0.15) is 0 Å².